The van der Waals surface area contributed by atoms with Crippen molar-refractivity contribution in [3.05, 3.63) is 33.9 Å². The number of benzene rings is 1. The molecule has 5 nitrogen and oxygen atoms in total. The van der Waals surface area contributed by atoms with E-state index < -0.39 is 4.92 Å². The highest BCUT2D eigenvalue weighted by Gasteiger charge is 2.19. The summed E-state index contributed by atoms with van der Waals surface area (Å²) in [4.78, 5) is 10.3. The number of nitrogens with one attached hydrogen (secondary N) is 1. The molecule has 0 saturated carbocycles. The molecule has 5 heteroatoms. The second-order valence-electron chi connectivity index (χ2n) is 4.08. The molecule has 16 heavy (non-hydrogen) atoms. The summed E-state index contributed by atoms with van der Waals surface area (Å²) < 4.78 is 0. The van der Waals surface area contributed by atoms with Crippen molar-refractivity contribution in [2.45, 2.75) is 25.3 Å². The maximum atomic E-state index is 10.8. The molecule has 0 amide bonds. The first-order valence-electron chi connectivity index (χ1n) is 5.45. The molecule has 0 aliphatic carbocycles. The van der Waals surface area contributed by atoms with Gasteiger partial charge in [0.25, 0.3) is 5.69 Å². The molecule has 1 atom stereocenters. The molecule has 1 aromatic rings. The van der Waals surface area contributed by atoms with Gasteiger partial charge < -0.3 is 11.1 Å². The summed E-state index contributed by atoms with van der Waals surface area (Å²) >= 11 is 0. The molecule has 2 rings (SSSR count). The lowest BCUT2D eigenvalue weighted by atomic mass is 9.97. The van der Waals surface area contributed by atoms with Crippen LogP contribution in [0.4, 0.5) is 11.4 Å². The van der Waals surface area contributed by atoms with Crippen molar-refractivity contribution in [2.75, 3.05) is 12.3 Å². The first-order chi connectivity index (χ1) is 7.68. The lowest BCUT2D eigenvalue weighted by Gasteiger charge is -2.23. The number of nitro benzene ring substituents is 1. The van der Waals surface area contributed by atoms with E-state index in [1.807, 2.05) is 6.07 Å². The lowest BCUT2D eigenvalue weighted by Crippen LogP contribution is -2.26. The van der Waals surface area contributed by atoms with E-state index in [2.05, 4.69) is 5.32 Å². The van der Waals surface area contributed by atoms with Gasteiger partial charge in [0.1, 0.15) is 5.69 Å². The smallest absolute Gasteiger partial charge is 0.292 e. The first-order valence-corrected chi connectivity index (χ1v) is 5.45. The van der Waals surface area contributed by atoms with Gasteiger partial charge in [-0.15, -0.1) is 0 Å². The third-order valence-corrected chi connectivity index (χ3v) is 2.96. The van der Waals surface area contributed by atoms with Crippen LogP contribution in [-0.2, 0) is 0 Å². The molecule has 86 valence electrons. The molecule has 1 aliphatic rings. The van der Waals surface area contributed by atoms with Crippen LogP contribution in [0.2, 0.25) is 0 Å². The summed E-state index contributed by atoms with van der Waals surface area (Å²) in [5.74, 6) is 0. The van der Waals surface area contributed by atoms with E-state index in [4.69, 9.17) is 5.73 Å². The van der Waals surface area contributed by atoms with E-state index in [0.29, 0.717) is 0 Å². The van der Waals surface area contributed by atoms with E-state index in [1.165, 1.54) is 6.42 Å². The van der Waals surface area contributed by atoms with E-state index in [0.717, 1.165) is 24.9 Å². The van der Waals surface area contributed by atoms with Crippen molar-refractivity contribution in [1.29, 1.82) is 0 Å². The number of hydrogen-bond donors (Lipinski definition) is 2. The summed E-state index contributed by atoms with van der Waals surface area (Å²) in [6.45, 7) is 0.975. The van der Waals surface area contributed by atoms with Crippen LogP contribution >= 0.6 is 0 Å². The van der Waals surface area contributed by atoms with Crippen molar-refractivity contribution in [2.24, 2.45) is 0 Å². The van der Waals surface area contributed by atoms with Gasteiger partial charge in [-0.3, -0.25) is 10.1 Å². The molecule has 0 aromatic heterocycles. The summed E-state index contributed by atoms with van der Waals surface area (Å²) in [6, 6.07) is 5.29. The summed E-state index contributed by atoms with van der Waals surface area (Å²) in [5.41, 5.74) is 6.75. The molecule has 1 heterocycles. The Morgan fingerprint density at radius 2 is 2.25 bits per heavy atom. The molecule has 0 bridgehead atoms. The fourth-order valence-electron chi connectivity index (χ4n) is 2.07. The topological polar surface area (TPSA) is 81.2 Å². The standard InChI is InChI=1S/C11H15N3O2/c12-9-5-4-8(7-11(9)14(15)16)10-3-1-2-6-13-10/h4-5,7,10,13H,1-3,6,12H2. The van der Waals surface area contributed by atoms with Gasteiger partial charge in [-0.05, 0) is 31.0 Å². The third kappa shape index (κ3) is 2.14. The molecule has 1 fully saturated rings. The van der Waals surface area contributed by atoms with Gasteiger partial charge in [0.15, 0.2) is 0 Å². The van der Waals surface area contributed by atoms with Crippen molar-refractivity contribution < 1.29 is 4.92 Å². The minimum atomic E-state index is -0.429. The molecule has 3 N–H and O–H groups in total. The van der Waals surface area contributed by atoms with Gasteiger partial charge in [-0.2, -0.15) is 0 Å². The van der Waals surface area contributed by atoms with Crippen molar-refractivity contribution in [3.63, 3.8) is 0 Å². The van der Waals surface area contributed by atoms with E-state index in [-0.39, 0.29) is 17.4 Å². The minimum Gasteiger partial charge on any atom is -0.393 e. The highest BCUT2D eigenvalue weighted by Crippen LogP contribution is 2.29. The Balaban J connectivity index is 2.27. The number of nitrogen functional groups attached to an aromatic ring is 1. The van der Waals surface area contributed by atoms with Crippen LogP contribution in [0.3, 0.4) is 0 Å². The zero-order chi connectivity index (χ0) is 11.5. The Morgan fingerprint density at radius 3 is 2.88 bits per heavy atom. The van der Waals surface area contributed by atoms with Crippen molar-refractivity contribution in [3.8, 4) is 0 Å². The Morgan fingerprint density at radius 1 is 1.44 bits per heavy atom. The molecule has 1 aromatic carbocycles. The SMILES string of the molecule is Nc1ccc(C2CCCCN2)cc1[N+](=O)[O-]. The van der Waals surface area contributed by atoms with Crippen molar-refractivity contribution in [1.82, 2.24) is 5.32 Å². The van der Waals surface area contributed by atoms with Crippen LogP contribution in [0.5, 0.6) is 0 Å². The summed E-state index contributed by atoms with van der Waals surface area (Å²) in [7, 11) is 0. The zero-order valence-corrected chi connectivity index (χ0v) is 8.98. The summed E-state index contributed by atoms with van der Waals surface area (Å²) in [6.07, 6.45) is 3.37. The fraction of sp³-hybridized carbons (Fsp3) is 0.455. The Kier molecular flexibility index (Phi) is 3.05. The predicted molar refractivity (Wildman–Crippen MR) is 62.1 cm³/mol. The molecular formula is C11H15N3O2. The van der Waals surface area contributed by atoms with Gasteiger partial charge in [-0.1, -0.05) is 12.5 Å². The fourth-order valence-corrected chi connectivity index (χ4v) is 2.07. The van der Waals surface area contributed by atoms with E-state index >= 15 is 0 Å². The molecule has 1 aliphatic heterocycles. The van der Waals surface area contributed by atoms with Crippen molar-refractivity contribution >= 4 is 11.4 Å². The third-order valence-electron chi connectivity index (χ3n) is 2.96. The van der Waals surface area contributed by atoms with Gasteiger partial charge in [-0.25, -0.2) is 0 Å². The maximum absolute atomic E-state index is 10.8. The van der Waals surface area contributed by atoms with Crippen LogP contribution in [0.15, 0.2) is 18.2 Å². The Labute approximate surface area is 93.8 Å². The average molecular weight is 221 g/mol. The number of nitrogens with zero attached hydrogens (tertiary/aromatic N) is 1. The van der Waals surface area contributed by atoms with E-state index in [9.17, 15) is 10.1 Å². The molecular weight excluding hydrogens is 206 g/mol. The number of rotatable bonds is 2. The minimum absolute atomic E-state index is 0.00451. The lowest BCUT2D eigenvalue weighted by molar-refractivity contribution is -0.384. The van der Waals surface area contributed by atoms with Gasteiger partial charge in [0.05, 0.1) is 4.92 Å². The highest BCUT2D eigenvalue weighted by atomic mass is 16.6. The molecule has 1 saturated heterocycles. The Hall–Kier alpha value is -1.62. The number of piperidine rings is 1. The second-order valence-corrected chi connectivity index (χ2v) is 4.08. The van der Waals surface area contributed by atoms with Gasteiger partial charge in [0, 0.05) is 12.1 Å². The number of nitrogens with two attached hydrogens (primary N) is 1. The normalized spacial score (nSPS) is 20.6. The van der Waals surface area contributed by atoms with Gasteiger partial charge >= 0.3 is 0 Å². The molecule has 0 spiro atoms. The van der Waals surface area contributed by atoms with Crippen LogP contribution in [0.25, 0.3) is 0 Å². The monoisotopic (exact) mass is 221 g/mol. The quantitative estimate of drug-likeness (QED) is 0.454. The maximum Gasteiger partial charge on any atom is 0.292 e. The van der Waals surface area contributed by atoms with Crippen LogP contribution in [-0.4, -0.2) is 11.5 Å². The van der Waals surface area contributed by atoms with Crippen LogP contribution < -0.4 is 11.1 Å². The first kappa shape index (κ1) is 10.9. The predicted octanol–water partition coefficient (Wildman–Crippen LogP) is 1.99. The zero-order valence-electron chi connectivity index (χ0n) is 8.98. The molecule has 1 unspecified atom stereocenters. The molecule has 0 radical (unpaired) electrons. The summed E-state index contributed by atoms with van der Waals surface area (Å²) in [5, 5.41) is 14.1. The Bertz CT molecular complexity index is 400. The second kappa shape index (κ2) is 4.49. The number of hydrogen-bond acceptors (Lipinski definition) is 4. The average Bonchev–Trinajstić information content (AvgIpc) is 2.30. The van der Waals surface area contributed by atoms with Crippen LogP contribution in [0, 0.1) is 10.1 Å². The highest BCUT2D eigenvalue weighted by molar-refractivity contribution is 5.59. The number of anilines is 1. The number of nitro groups is 1. The van der Waals surface area contributed by atoms with Gasteiger partial charge in [0.2, 0.25) is 0 Å². The van der Waals surface area contributed by atoms with E-state index in [1.54, 1.807) is 12.1 Å². The van der Waals surface area contributed by atoms with Crippen LogP contribution in [0.1, 0.15) is 30.9 Å². The largest absolute Gasteiger partial charge is 0.393 e.